The van der Waals surface area contributed by atoms with Gasteiger partial charge >= 0.3 is 0 Å². The maximum absolute atomic E-state index is 5.76. The predicted octanol–water partition coefficient (Wildman–Crippen LogP) is 2.55. The van der Waals surface area contributed by atoms with E-state index in [4.69, 9.17) is 5.73 Å². The molecule has 0 bridgehead atoms. The van der Waals surface area contributed by atoms with Crippen LogP contribution in [0.4, 0.5) is 0 Å². The molecule has 0 aromatic heterocycles. The predicted molar refractivity (Wildman–Crippen MR) is 49.4 cm³/mol. The summed E-state index contributed by atoms with van der Waals surface area (Å²) in [6.07, 6.45) is 6.94. The Morgan fingerprint density at radius 2 is 2.00 bits per heavy atom. The smallest absolute Gasteiger partial charge is 0.00131 e. The molecule has 3 atom stereocenters. The highest BCUT2D eigenvalue weighted by atomic mass is 14.6. The Labute approximate surface area is 70.4 Å². The molecule has 2 N–H and O–H groups in total. The first-order chi connectivity index (χ1) is 5.22. The van der Waals surface area contributed by atoms with Crippen LogP contribution in [-0.4, -0.2) is 6.04 Å². The van der Waals surface area contributed by atoms with Gasteiger partial charge in [0.2, 0.25) is 0 Å². The van der Waals surface area contributed by atoms with Gasteiger partial charge in [0, 0.05) is 6.04 Å². The number of hydrogen-bond donors (Lipinski definition) is 1. The van der Waals surface area contributed by atoms with Gasteiger partial charge in [0.15, 0.2) is 0 Å². The Hall–Kier alpha value is -0.0400. The summed E-state index contributed by atoms with van der Waals surface area (Å²) in [5.74, 6) is 1.96. The zero-order chi connectivity index (χ0) is 8.27. The molecule has 1 nitrogen and oxygen atoms in total. The molecule has 1 heteroatoms. The lowest BCUT2D eigenvalue weighted by atomic mass is 9.97. The maximum Gasteiger partial charge on any atom is 0.00131 e. The van der Waals surface area contributed by atoms with E-state index in [0.29, 0.717) is 6.04 Å². The second-order valence-corrected chi connectivity index (χ2v) is 4.17. The van der Waals surface area contributed by atoms with E-state index in [9.17, 15) is 0 Å². The Morgan fingerprint density at radius 3 is 2.45 bits per heavy atom. The molecule has 1 rings (SSSR count). The van der Waals surface area contributed by atoms with Gasteiger partial charge in [-0.3, -0.25) is 0 Å². The third kappa shape index (κ3) is 2.82. The number of hydrogen-bond acceptors (Lipinski definition) is 1. The average molecular weight is 155 g/mol. The van der Waals surface area contributed by atoms with Crippen molar-refractivity contribution in [3.63, 3.8) is 0 Å². The normalized spacial score (nSPS) is 34.1. The molecule has 11 heavy (non-hydrogen) atoms. The molecule has 1 fully saturated rings. The molecule has 0 saturated heterocycles. The highest BCUT2D eigenvalue weighted by Crippen LogP contribution is 2.35. The lowest BCUT2D eigenvalue weighted by Crippen LogP contribution is -2.18. The van der Waals surface area contributed by atoms with Crippen molar-refractivity contribution in [1.29, 1.82) is 0 Å². The van der Waals surface area contributed by atoms with E-state index in [2.05, 4.69) is 13.8 Å². The van der Waals surface area contributed by atoms with Crippen LogP contribution in [0.15, 0.2) is 0 Å². The fraction of sp³-hybridized carbons (Fsp3) is 1.00. The van der Waals surface area contributed by atoms with Crippen molar-refractivity contribution in [2.45, 2.75) is 52.0 Å². The van der Waals surface area contributed by atoms with Crippen LogP contribution in [0, 0.1) is 11.8 Å². The van der Waals surface area contributed by atoms with Gasteiger partial charge in [-0.05, 0) is 31.6 Å². The summed E-state index contributed by atoms with van der Waals surface area (Å²) in [6.45, 7) is 4.43. The molecule has 66 valence electrons. The SMILES string of the molecule is CCC1CCC(CC(C)N)C1. The third-order valence-corrected chi connectivity index (χ3v) is 2.93. The van der Waals surface area contributed by atoms with Gasteiger partial charge in [0.05, 0.1) is 0 Å². The summed E-state index contributed by atoms with van der Waals surface area (Å²) >= 11 is 0. The fourth-order valence-corrected chi connectivity index (χ4v) is 2.29. The fourth-order valence-electron chi connectivity index (χ4n) is 2.29. The van der Waals surface area contributed by atoms with E-state index < -0.39 is 0 Å². The second-order valence-electron chi connectivity index (χ2n) is 4.17. The van der Waals surface area contributed by atoms with Crippen molar-refractivity contribution < 1.29 is 0 Å². The Kier molecular flexibility index (Phi) is 3.38. The molecule has 0 aliphatic heterocycles. The molecule has 1 aliphatic rings. The van der Waals surface area contributed by atoms with E-state index in [1.165, 1.54) is 32.1 Å². The van der Waals surface area contributed by atoms with Crippen molar-refractivity contribution in [3.8, 4) is 0 Å². The van der Waals surface area contributed by atoms with Crippen LogP contribution < -0.4 is 5.73 Å². The van der Waals surface area contributed by atoms with E-state index in [1.807, 2.05) is 0 Å². The van der Waals surface area contributed by atoms with Gasteiger partial charge < -0.3 is 5.73 Å². The Balaban J connectivity index is 2.19. The van der Waals surface area contributed by atoms with Crippen LogP contribution in [0.25, 0.3) is 0 Å². The summed E-state index contributed by atoms with van der Waals surface area (Å²) in [4.78, 5) is 0. The van der Waals surface area contributed by atoms with Crippen LogP contribution in [0.1, 0.15) is 46.0 Å². The van der Waals surface area contributed by atoms with Gasteiger partial charge in [-0.2, -0.15) is 0 Å². The Morgan fingerprint density at radius 1 is 1.36 bits per heavy atom. The highest BCUT2D eigenvalue weighted by Gasteiger charge is 2.23. The number of rotatable bonds is 3. The van der Waals surface area contributed by atoms with E-state index in [1.54, 1.807) is 0 Å². The topological polar surface area (TPSA) is 26.0 Å². The van der Waals surface area contributed by atoms with E-state index >= 15 is 0 Å². The van der Waals surface area contributed by atoms with Gasteiger partial charge in [-0.15, -0.1) is 0 Å². The van der Waals surface area contributed by atoms with Crippen LogP contribution >= 0.6 is 0 Å². The van der Waals surface area contributed by atoms with Gasteiger partial charge in [-0.1, -0.05) is 26.2 Å². The van der Waals surface area contributed by atoms with Crippen molar-refractivity contribution in [1.82, 2.24) is 0 Å². The van der Waals surface area contributed by atoms with Gasteiger partial charge in [0.25, 0.3) is 0 Å². The molecule has 3 unspecified atom stereocenters. The highest BCUT2D eigenvalue weighted by molar-refractivity contribution is 4.76. The summed E-state index contributed by atoms with van der Waals surface area (Å²) < 4.78 is 0. The quantitative estimate of drug-likeness (QED) is 0.666. The van der Waals surface area contributed by atoms with Crippen molar-refractivity contribution in [2.75, 3.05) is 0 Å². The minimum atomic E-state index is 0.413. The Bertz CT molecular complexity index is 109. The number of nitrogens with two attached hydrogens (primary N) is 1. The van der Waals surface area contributed by atoms with E-state index in [0.717, 1.165) is 11.8 Å². The lowest BCUT2D eigenvalue weighted by Gasteiger charge is -2.12. The van der Waals surface area contributed by atoms with E-state index in [-0.39, 0.29) is 0 Å². The molecule has 0 amide bonds. The molecule has 0 aromatic carbocycles. The third-order valence-electron chi connectivity index (χ3n) is 2.93. The van der Waals surface area contributed by atoms with Crippen molar-refractivity contribution in [3.05, 3.63) is 0 Å². The minimum Gasteiger partial charge on any atom is -0.328 e. The van der Waals surface area contributed by atoms with Crippen LogP contribution in [0.3, 0.4) is 0 Å². The van der Waals surface area contributed by atoms with Gasteiger partial charge in [-0.25, -0.2) is 0 Å². The summed E-state index contributed by atoms with van der Waals surface area (Å²) in [5.41, 5.74) is 5.76. The van der Waals surface area contributed by atoms with Crippen LogP contribution in [0.2, 0.25) is 0 Å². The molecular weight excluding hydrogens is 134 g/mol. The average Bonchev–Trinajstić information content (AvgIpc) is 2.34. The van der Waals surface area contributed by atoms with Crippen LogP contribution in [-0.2, 0) is 0 Å². The lowest BCUT2D eigenvalue weighted by molar-refractivity contribution is 0.429. The maximum atomic E-state index is 5.76. The first kappa shape index (κ1) is 9.05. The first-order valence-electron chi connectivity index (χ1n) is 4.98. The largest absolute Gasteiger partial charge is 0.328 e. The van der Waals surface area contributed by atoms with Gasteiger partial charge in [0.1, 0.15) is 0 Å². The molecule has 0 spiro atoms. The zero-order valence-corrected chi connectivity index (χ0v) is 7.84. The standard InChI is InChI=1S/C10H21N/c1-3-9-4-5-10(7-9)6-8(2)11/h8-10H,3-7,11H2,1-2H3. The van der Waals surface area contributed by atoms with Crippen LogP contribution in [0.5, 0.6) is 0 Å². The molecule has 1 saturated carbocycles. The summed E-state index contributed by atoms with van der Waals surface area (Å²) in [6, 6.07) is 0.413. The van der Waals surface area contributed by atoms with Crippen molar-refractivity contribution >= 4 is 0 Å². The minimum absolute atomic E-state index is 0.413. The molecular formula is C10H21N. The first-order valence-corrected chi connectivity index (χ1v) is 4.98. The summed E-state index contributed by atoms with van der Waals surface area (Å²) in [7, 11) is 0. The monoisotopic (exact) mass is 155 g/mol. The van der Waals surface area contributed by atoms with Crippen molar-refractivity contribution in [2.24, 2.45) is 17.6 Å². The molecule has 0 aromatic rings. The second kappa shape index (κ2) is 4.10. The molecule has 0 heterocycles. The summed E-state index contributed by atoms with van der Waals surface area (Å²) in [5, 5.41) is 0. The molecule has 0 radical (unpaired) electrons. The zero-order valence-electron chi connectivity index (χ0n) is 7.84. The molecule has 1 aliphatic carbocycles.